The van der Waals surface area contributed by atoms with Crippen molar-refractivity contribution in [2.75, 3.05) is 6.54 Å². The zero-order valence-corrected chi connectivity index (χ0v) is 10.1. The lowest BCUT2D eigenvalue weighted by molar-refractivity contribution is -0.121. The van der Waals surface area contributed by atoms with Crippen LogP contribution in [-0.4, -0.2) is 12.5 Å². The molecule has 0 atom stereocenters. The van der Waals surface area contributed by atoms with Crippen molar-refractivity contribution in [1.29, 1.82) is 0 Å². The van der Waals surface area contributed by atoms with Crippen LogP contribution in [-0.2, 0) is 4.79 Å². The van der Waals surface area contributed by atoms with Crippen molar-refractivity contribution in [3.8, 4) is 0 Å². The number of amides is 1. The molecule has 0 fully saturated rings. The van der Waals surface area contributed by atoms with Crippen LogP contribution < -0.4 is 5.32 Å². The fraction of sp³-hybridized carbons (Fsp3) is 0.769. The first-order valence-corrected chi connectivity index (χ1v) is 6.18. The molecule has 15 heavy (non-hydrogen) atoms. The Labute approximate surface area is 94.1 Å². The molecule has 0 aliphatic carbocycles. The number of carbonyl (C=O) groups is 1. The number of unbranched alkanes of at least 4 members (excludes halogenated alkanes) is 6. The van der Waals surface area contributed by atoms with Gasteiger partial charge in [0.05, 0.1) is 0 Å². The summed E-state index contributed by atoms with van der Waals surface area (Å²) in [5, 5.41) is 2.79. The summed E-state index contributed by atoms with van der Waals surface area (Å²) >= 11 is 0. The van der Waals surface area contributed by atoms with E-state index >= 15 is 0 Å². The highest BCUT2D eigenvalue weighted by molar-refractivity contribution is 5.75. The molecule has 1 amide bonds. The van der Waals surface area contributed by atoms with Gasteiger partial charge in [0.25, 0.3) is 0 Å². The van der Waals surface area contributed by atoms with Crippen molar-refractivity contribution in [3.05, 3.63) is 12.7 Å². The van der Waals surface area contributed by atoms with Crippen molar-refractivity contribution >= 4 is 5.91 Å². The van der Waals surface area contributed by atoms with Crippen LogP contribution in [0.2, 0.25) is 0 Å². The Balaban J connectivity index is 3.09. The summed E-state index contributed by atoms with van der Waals surface area (Å²) in [5.74, 6) is 0.156. The van der Waals surface area contributed by atoms with Crippen molar-refractivity contribution in [2.24, 2.45) is 0 Å². The van der Waals surface area contributed by atoms with Crippen LogP contribution in [0.4, 0.5) is 0 Å². The maximum Gasteiger partial charge on any atom is 0.220 e. The summed E-state index contributed by atoms with van der Waals surface area (Å²) in [6.07, 6.45) is 11.2. The third-order valence-electron chi connectivity index (χ3n) is 2.45. The Morgan fingerprint density at radius 3 is 2.33 bits per heavy atom. The normalized spacial score (nSPS) is 9.93. The Kier molecular flexibility index (Phi) is 10.7. The number of rotatable bonds is 10. The first-order valence-electron chi connectivity index (χ1n) is 6.18. The van der Waals surface area contributed by atoms with Crippen LogP contribution in [0.1, 0.15) is 58.3 Å². The van der Waals surface area contributed by atoms with Gasteiger partial charge in [0.15, 0.2) is 0 Å². The summed E-state index contributed by atoms with van der Waals surface area (Å²) in [7, 11) is 0. The molecule has 1 N–H and O–H groups in total. The third kappa shape index (κ3) is 11.1. The molecule has 0 unspecified atom stereocenters. The highest BCUT2D eigenvalue weighted by atomic mass is 16.1. The molecule has 88 valence electrons. The van der Waals surface area contributed by atoms with Gasteiger partial charge >= 0.3 is 0 Å². The van der Waals surface area contributed by atoms with E-state index in [0.29, 0.717) is 13.0 Å². The minimum absolute atomic E-state index is 0.156. The Hall–Kier alpha value is -0.790. The maximum absolute atomic E-state index is 11.2. The highest BCUT2D eigenvalue weighted by Gasteiger charge is 1.98. The van der Waals surface area contributed by atoms with Crippen molar-refractivity contribution in [1.82, 2.24) is 5.32 Å². The predicted octanol–water partition coefficient (Wildman–Crippen LogP) is 3.43. The average Bonchev–Trinajstić information content (AvgIpc) is 2.25. The highest BCUT2D eigenvalue weighted by Crippen LogP contribution is 2.08. The second kappa shape index (κ2) is 11.3. The topological polar surface area (TPSA) is 29.1 Å². The summed E-state index contributed by atoms with van der Waals surface area (Å²) in [5.41, 5.74) is 0. The van der Waals surface area contributed by atoms with Crippen molar-refractivity contribution in [2.45, 2.75) is 58.3 Å². The molecule has 0 radical (unpaired) electrons. The Morgan fingerprint density at radius 2 is 1.73 bits per heavy atom. The molecule has 0 aromatic carbocycles. The first kappa shape index (κ1) is 14.2. The van der Waals surface area contributed by atoms with Gasteiger partial charge < -0.3 is 5.32 Å². The Bertz CT molecular complexity index is 166. The number of hydrogen-bond donors (Lipinski definition) is 1. The lowest BCUT2D eigenvalue weighted by atomic mass is 10.1. The molecule has 0 heterocycles. The minimum atomic E-state index is 0.156. The fourth-order valence-corrected chi connectivity index (χ4v) is 1.52. The van der Waals surface area contributed by atoms with Crippen LogP contribution in [0.5, 0.6) is 0 Å². The smallest absolute Gasteiger partial charge is 0.220 e. The second-order valence-electron chi connectivity index (χ2n) is 3.96. The molecule has 0 bridgehead atoms. The van der Waals surface area contributed by atoms with E-state index in [1.807, 2.05) is 0 Å². The number of nitrogens with one attached hydrogen (secondary N) is 1. The summed E-state index contributed by atoms with van der Waals surface area (Å²) in [6.45, 7) is 6.37. The lowest BCUT2D eigenvalue weighted by Gasteiger charge is -2.02. The van der Waals surface area contributed by atoms with E-state index in [0.717, 1.165) is 6.42 Å². The summed E-state index contributed by atoms with van der Waals surface area (Å²) in [6, 6.07) is 0. The van der Waals surface area contributed by atoms with Gasteiger partial charge in [-0.2, -0.15) is 0 Å². The van der Waals surface area contributed by atoms with Crippen molar-refractivity contribution < 1.29 is 4.79 Å². The van der Waals surface area contributed by atoms with Gasteiger partial charge in [-0.3, -0.25) is 4.79 Å². The molecule has 0 aromatic rings. The van der Waals surface area contributed by atoms with E-state index in [1.54, 1.807) is 6.08 Å². The van der Waals surface area contributed by atoms with E-state index in [-0.39, 0.29) is 5.91 Å². The molecule has 2 nitrogen and oxygen atoms in total. The zero-order chi connectivity index (χ0) is 11.4. The summed E-state index contributed by atoms with van der Waals surface area (Å²) < 4.78 is 0. The quantitative estimate of drug-likeness (QED) is 0.435. The number of carbonyl (C=O) groups excluding carboxylic acids is 1. The monoisotopic (exact) mass is 211 g/mol. The molecule has 0 aromatic heterocycles. The Morgan fingerprint density at radius 1 is 1.13 bits per heavy atom. The largest absolute Gasteiger partial charge is 0.353 e. The minimum Gasteiger partial charge on any atom is -0.353 e. The van der Waals surface area contributed by atoms with E-state index < -0.39 is 0 Å². The second-order valence-corrected chi connectivity index (χ2v) is 3.96. The molecular weight excluding hydrogens is 186 g/mol. The van der Waals surface area contributed by atoms with Gasteiger partial charge in [0, 0.05) is 13.0 Å². The van der Waals surface area contributed by atoms with E-state index in [1.165, 1.54) is 38.5 Å². The van der Waals surface area contributed by atoms with Crippen molar-refractivity contribution in [3.63, 3.8) is 0 Å². The van der Waals surface area contributed by atoms with Gasteiger partial charge in [-0.1, -0.05) is 51.5 Å². The van der Waals surface area contributed by atoms with Gasteiger partial charge in [-0.25, -0.2) is 0 Å². The van der Waals surface area contributed by atoms with E-state index in [2.05, 4.69) is 18.8 Å². The molecule has 0 aliphatic heterocycles. The zero-order valence-electron chi connectivity index (χ0n) is 10.1. The number of hydrogen-bond acceptors (Lipinski definition) is 1. The van der Waals surface area contributed by atoms with Gasteiger partial charge in [-0.15, -0.1) is 6.58 Å². The van der Waals surface area contributed by atoms with Crippen LogP contribution in [0, 0.1) is 0 Å². The molecule has 2 heteroatoms. The van der Waals surface area contributed by atoms with Gasteiger partial charge in [-0.05, 0) is 6.42 Å². The average molecular weight is 211 g/mol. The van der Waals surface area contributed by atoms with Crippen LogP contribution in [0.25, 0.3) is 0 Å². The standard InChI is InChI=1S/C13H25NO/c1-3-5-6-7-8-9-10-11-13(15)14-12-4-2/h4H,2-3,5-12H2,1H3,(H,14,15). The van der Waals surface area contributed by atoms with E-state index in [4.69, 9.17) is 0 Å². The summed E-state index contributed by atoms with van der Waals surface area (Å²) in [4.78, 5) is 11.2. The lowest BCUT2D eigenvalue weighted by Crippen LogP contribution is -2.22. The predicted molar refractivity (Wildman–Crippen MR) is 65.8 cm³/mol. The fourth-order valence-electron chi connectivity index (χ4n) is 1.52. The molecule has 0 saturated heterocycles. The van der Waals surface area contributed by atoms with Crippen LogP contribution in [0.3, 0.4) is 0 Å². The van der Waals surface area contributed by atoms with Crippen LogP contribution >= 0.6 is 0 Å². The van der Waals surface area contributed by atoms with Crippen LogP contribution in [0.15, 0.2) is 12.7 Å². The van der Waals surface area contributed by atoms with Gasteiger partial charge in [0.2, 0.25) is 5.91 Å². The maximum atomic E-state index is 11.2. The third-order valence-corrected chi connectivity index (χ3v) is 2.45. The molecule has 0 aliphatic rings. The molecule has 0 saturated carbocycles. The molecule has 0 spiro atoms. The van der Waals surface area contributed by atoms with E-state index in [9.17, 15) is 4.79 Å². The molecule has 0 rings (SSSR count). The SMILES string of the molecule is C=CCNC(=O)CCCCCCCCC. The van der Waals surface area contributed by atoms with Gasteiger partial charge in [0.1, 0.15) is 0 Å². The first-order chi connectivity index (χ1) is 7.31. The molecular formula is C13H25NO.